The van der Waals surface area contributed by atoms with Crippen molar-refractivity contribution in [1.82, 2.24) is 24.4 Å². The summed E-state index contributed by atoms with van der Waals surface area (Å²) >= 11 is 5.82. The van der Waals surface area contributed by atoms with Crippen LogP contribution >= 0.6 is 11.6 Å². The topological polar surface area (TPSA) is 93.1 Å². The molecule has 0 aromatic carbocycles. The first-order chi connectivity index (χ1) is 10.7. The third-order valence-corrected chi connectivity index (χ3v) is 3.79. The quantitative estimate of drug-likeness (QED) is 0.801. The van der Waals surface area contributed by atoms with Gasteiger partial charge < -0.3 is 14.6 Å². The monoisotopic (exact) mass is 339 g/mol. The summed E-state index contributed by atoms with van der Waals surface area (Å²) in [4.78, 5) is 36.6. The number of likely N-dealkylation sites (tertiary alicyclic amines) is 1. The van der Waals surface area contributed by atoms with Gasteiger partial charge in [0.1, 0.15) is 11.1 Å². The smallest absolute Gasteiger partial charge is 0.410 e. The third-order valence-electron chi connectivity index (χ3n) is 3.61. The first-order valence-electron chi connectivity index (χ1n) is 7.35. The van der Waals surface area contributed by atoms with Gasteiger partial charge in [0.05, 0.1) is 12.2 Å². The Morgan fingerprint density at radius 1 is 1.48 bits per heavy atom. The lowest BCUT2D eigenvalue weighted by Gasteiger charge is -2.24. The number of rotatable bonds is 1. The number of fused-ring (bicyclic) bond motifs is 1. The van der Waals surface area contributed by atoms with Crippen molar-refractivity contribution in [2.75, 3.05) is 13.1 Å². The number of ether oxygens (including phenoxy) is 1. The number of H-pyrrole nitrogens is 1. The summed E-state index contributed by atoms with van der Waals surface area (Å²) in [5.74, 6) is 0. The van der Waals surface area contributed by atoms with Gasteiger partial charge in [-0.2, -0.15) is 4.98 Å². The van der Waals surface area contributed by atoms with E-state index in [1.807, 2.05) is 20.8 Å². The number of aromatic nitrogens is 4. The second-order valence-electron chi connectivity index (χ2n) is 6.55. The van der Waals surface area contributed by atoms with Gasteiger partial charge in [-0.05, 0) is 38.8 Å². The maximum Gasteiger partial charge on any atom is 0.410 e. The lowest BCUT2D eigenvalue weighted by atomic mass is 10.2. The van der Waals surface area contributed by atoms with Crippen LogP contribution in [0.2, 0.25) is 5.28 Å². The highest BCUT2D eigenvalue weighted by Gasteiger charge is 2.32. The van der Waals surface area contributed by atoms with Crippen molar-refractivity contribution in [3.8, 4) is 0 Å². The molecule has 3 rings (SSSR count). The van der Waals surface area contributed by atoms with Crippen molar-refractivity contribution in [1.29, 1.82) is 0 Å². The van der Waals surface area contributed by atoms with E-state index < -0.39 is 5.60 Å². The predicted octanol–water partition coefficient (Wildman–Crippen LogP) is 1.95. The molecule has 124 valence electrons. The molecule has 1 amide bonds. The number of nitrogens with zero attached hydrogens (tertiary/aromatic N) is 4. The summed E-state index contributed by atoms with van der Waals surface area (Å²) in [6.45, 7) is 6.38. The molecular formula is C14H18ClN5O3. The molecule has 2 aromatic heterocycles. The molecule has 0 radical (unpaired) electrons. The average Bonchev–Trinajstić information content (AvgIpc) is 3.00. The molecule has 0 saturated carbocycles. The molecule has 1 atom stereocenters. The Morgan fingerprint density at radius 3 is 2.91 bits per heavy atom. The van der Waals surface area contributed by atoms with Gasteiger partial charge in [0.15, 0.2) is 5.65 Å². The lowest BCUT2D eigenvalue weighted by molar-refractivity contribution is 0.0289. The average molecular weight is 340 g/mol. The van der Waals surface area contributed by atoms with Crippen molar-refractivity contribution in [2.45, 2.75) is 38.8 Å². The number of hydrogen-bond acceptors (Lipinski definition) is 5. The van der Waals surface area contributed by atoms with Gasteiger partial charge in [0.25, 0.3) is 0 Å². The Morgan fingerprint density at radius 2 is 2.22 bits per heavy atom. The van der Waals surface area contributed by atoms with Crippen LogP contribution in [0.1, 0.15) is 33.2 Å². The number of hydrogen-bond donors (Lipinski definition) is 1. The molecule has 9 heteroatoms. The molecule has 1 aliphatic heterocycles. The van der Waals surface area contributed by atoms with Gasteiger partial charge in [-0.15, -0.1) is 0 Å². The Hall–Kier alpha value is -2.09. The highest BCUT2D eigenvalue weighted by Crippen LogP contribution is 2.25. The molecule has 0 spiro atoms. The van der Waals surface area contributed by atoms with E-state index >= 15 is 0 Å². The normalized spacial score (nSPS) is 18.6. The molecule has 0 unspecified atom stereocenters. The maximum atomic E-state index is 12.2. The van der Waals surface area contributed by atoms with Gasteiger partial charge in [-0.3, -0.25) is 4.57 Å². The van der Waals surface area contributed by atoms with Gasteiger partial charge in [0, 0.05) is 13.1 Å². The zero-order chi connectivity index (χ0) is 16.8. The van der Waals surface area contributed by atoms with Crippen LogP contribution in [-0.4, -0.2) is 49.2 Å². The molecule has 1 aliphatic rings. The highest BCUT2D eigenvalue weighted by atomic mass is 35.5. The second kappa shape index (κ2) is 5.52. The van der Waals surface area contributed by atoms with E-state index in [-0.39, 0.29) is 23.1 Å². The molecule has 0 aliphatic carbocycles. The molecule has 1 N–H and O–H groups in total. The maximum absolute atomic E-state index is 12.2. The summed E-state index contributed by atoms with van der Waals surface area (Å²) in [6, 6.07) is -0.172. The number of nitrogens with one attached hydrogen (secondary N) is 1. The Bertz CT molecular complexity index is 807. The first-order valence-corrected chi connectivity index (χ1v) is 7.73. The molecule has 23 heavy (non-hydrogen) atoms. The number of carbonyl (C=O) groups excluding carboxylic acids is 1. The van der Waals surface area contributed by atoms with Crippen molar-refractivity contribution in [3.05, 3.63) is 22.0 Å². The number of carbonyl (C=O) groups is 1. The van der Waals surface area contributed by atoms with Gasteiger partial charge in [-0.25, -0.2) is 14.6 Å². The summed E-state index contributed by atoms with van der Waals surface area (Å²) in [7, 11) is 0. The van der Waals surface area contributed by atoms with Crippen molar-refractivity contribution in [2.24, 2.45) is 0 Å². The lowest BCUT2D eigenvalue weighted by Crippen LogP contribution is -2.36. The van der Waals surface area contributed by atoms with Gasteiger partial charge in [-0.1, -0.05) is 0 Å². The van der Waals surface area contributed by atoms with Crippen LogP contribution in [-0.2, 0) is 4.74 Å². The molecule has 1 fully saturated rings. The minimum Gasteiger partial charge on any atom is -0.444 e. The number of aromatic amines is 1. The van der Waals surface area contributed by atoms with E-state index in [0.29, 0.717) is 30.7 Å². The second-order valence-corrected chi connectivity index (χ2v) is 6.88. The van der Waals surface area contributed by atoms with Crippen LogP contribution in [0.4, 0.5) is 4.79 Å². The first kappa shape index (κ1) is 15.8. The highest BCUT2D eigenvalue weighted by molar-refractivity contribution is 6.28. The fraction of sp³-hybridized carbons (Fsp3) is 0.571. The molecular weight excluding hydrogens is 322 g/mol. The van der Waals surface area contributed by atoms with Gasteiger partial charge >= 0.3 is 11.8 Å². The molecule has 8 nitrogen and oxygen atoms in total. The largest absolute Gasteiger partial charge is 0.444 e. The number of amides is 1. The fourth-order valence-corrected chi connectivity index (χ4v) is 2.81. The van der Waals surface area contributed by atoms with Crippen LogP contribution < -0.4 is 5.69 Å². The van der Waals surface area contributed by atoms with Gasteiger partial charge in [0.2, 0.25) is 5.28 Å². The number of halogens is 1. The molecule has 1 saturated heterocycles. The van der Waals surface area contributed by atoms with E-state index in [1.54, 1.807) is 4.90 Å². The SMILES string of the molecule is CC(C)(C)OC(=O)N1CC[C@@H](n2c(=O)[nH]c3cnc(Cl)nc32)C1. The summed E-state index contributed by atoms with van der Waals surface area (Å²) in [6.07, 6.45) is 1.75. The zero-order valence-electron chi connectivity index (χ0n) is 13.2. The van der Waals surface area contributed by atoms with Crippen molar-refractivity contribution >= 4 is 28.9 Å². The minimum atomic E-state index is -0.548. The predicted molar refractivity (Wildman–Crippen MR) is 84.6 cm³/mol. The van der Waals surface area contributed by atoms with Crippen LogP contribution in [0.3, 0.4) is 0 Å². The molecule has 3 heterocycles. The summed E-state index contributed by atoms with van der Waals surface area (Å²) in [5, 5.41) is 0.0762. The van der Waals surface area contributed by atoms with E-state index in [9.17, 15) is 9.59 Å². The molecule has 2 aromatic rings. The fourth-order valence-electron chi connectivity index (χ4n) is 2.68. The Kier molecular flexibility index (Phi) is 3.79. The van der Waals surface area contributed by atoms with Crippen molar-refractivity contribution < 1.29 is 9.53 Å². The third kappa shape index (κ3) is 3.17. The Balaban J connectivity index is 1.85. The number of imidazole rings is 1. The van der Waals surface area contributed by atoms with Crippen LogP contribution in [0.15, 0.2) is 11.0 Å². The van der Waals surface area contributed by atoms with Crippen LogP contribution in [0.25, 0.3) is 11.2 Å². The van der Waals surface area contributed by atoms with E-state index in [4.69, 9.17) is 16.3 Å². The zero-order valence-corrected chi connectivity index (χ0v) is 13.9. The van der Waals surface area contributed by atoms with Crippen LogP contribution in [0, 0.1) is 0 Å². The van der Waals surface area contributed by atoms with E-state index in [1.165, 1.54) is 10.8 Å². The van der Waals surface area contributed by atoms with E-state index in [2.05, 4.69) is 15.0 Å². The van der Waals surface area contributed by atoms with Crippen molar-refractivity contribution in [3.63, 3.8) is 0 Å². The Labute approximate surface area is 137 Å². The summed E-state index contributed by atoms with van der Waals surface area (Å²) in [5.41, 5.74) is 0.141. The standard InChI is InChI=1S/C14H18ClN5O3/c1-14(2,3)23-13(22)19-5-4-8(7-19)20-10-9(17-12(20)21)6-16-11(15)18-10/h6,8H,4-5,7H2,1-3H3,(H,17,21)/t8-/m1/s1. The molecule has 0 bridgehead atoms. The van der Waals surface area contributed by atoms with E-state index in [0.717, 1.165) is 0 Å². The summed E-state index contributed by atoms with van der Waals surface area (Å²) < 4.78 is 6.90. The minimum absolute atomic E-state index is 0.0762. The van der Waals surface area contributed by atoms with Crippen LogP contribution in [0.5, 0.6) is 0 Å².